The molecule has 0 amide bonds. The number of nitrogens with two attached hydrogens (primary N) is 1. The second-order valence-corrected chi connectivity index (χ2v) is 4.15. The van der Waals surface area contributed by atoms with E-state index >= 15 is 0 Å². The van der Waals surface area contributed by atoms with Crippen molar-refractivity contribution in [3.05, 3.63) is 70.5 Å². The predicted octanol–water partition coefficient (Wildman–Crippen LogP) is 3.46. The molecule has 1 atom stereocenters. The Morgan fingerprint density at radius 2 is 1.67 bits per heavy atom. The molecule has 0 radical (unpaired) electrons. The van der Waals surface area contributed by atoms with Crippen molar-refractivity contribution in [2.75, 3.05) is 0 Å². The van der Waals surface area contributed by atoms with Gasteiger partial charge in [-0.05, 0) is 30.2 Å². The number of rotatable bonds is 2. The van der Waals surface area contributed by atoms with Crippen LogP contribution in [0.4, 0.5) is 13.2 Å². The molecule has 0 bridgehead atoms. The summed E-state index contributed by atoms with van der Waals surface area (Å²) < 4.78 is 39.5. The molecule has 0 aliphatic carbocycles. The van der Waals surface area contributed by atoms with Crippen molar-refractivity contribution in [3.8, 4) is 0 Å². The van der Waals surface area contributed by atoms with Gasteiger partial charge in [0.2, 0.25) is 0 Å². The van der Waals surface area contributed by atoms with Gasteiger partial charge in [0.1, 0.15) is 17.5 Å². The molecule has 0 aromatic heterocycles. The number of hydrogen-bond acceptors (Lipinski definition) is 1. The third-order valence-electron chi connectivity index (χ3n) is 2.84. The van der Waals surface area contributed by atoms with Gasteiger partial charge in [0.05, 0.1) is 6.04 Å². The molecule has 0 saturated heterocycles. The maximum absolute atomic E-state index is 13.6. The Balaban J connectivity index is 2.41. The summed E-state index contributed by atoms with van der Waals surface area (Å²) in [6, 6.07) is 6.82. The van der Waals surface area contributed by atoms with E-state index in [1.54, 1.807) is 13.0 Å². The van der Waals surface area contributed by atoms with Gasteiger partial charge in [-0.25, -0.2) is 13.2 Å². The molecule has 2 aromatic carbocycles. The lowest BCUT2D eigenvalue weighted by atomic mass is 9.97. The van der Waals surface area contributed by atoms with Gasteiger partial charge >= 0.3 is 0 Å². The van der Waals surface area contributed by atoms with Crippen molar-refractivity contribution >= 4 is 0 Å². The SMILES string of the molecule is Cc1cc(C(N)c2ccc(F)cc2F)ccc1F. The minimum absolute atomic E-state index is 0.183. The topological polar surface area (TPSA) is 26.0 Å². The van der Waals surface area contributed by atoms with Crippen LogP contribution in [-0.4, -0.2) is 0 Å². The van der Waals surface area contributed by atoms with Crippen LogP contribution >= 0.6 is 0 Å². The molecular formula is C14H12F3N. The van der Waals surface area contributed by atoms with Gasteiger partial charge in [0.25, 0.3) is 0 Å². The summed E-state index contributed by atoms with van der Waals surface area (Å²) in [5, 5.41) is 0. The zero-order valence-corrected chi connectivity index (χ0v) is 9.75. The summed E-state index contributed by atoms with van der Waals surface area (Å²) in [5.74, 6) is -1.70. The minimum Gasteiger partial charge on any atom is -0.320 e. The van der Waals surface area contributed by atoms with Crippen molar-refractivity contribution < 1.29 is 13.2 Å². The van der Waals surface area contributed by atoms with Gasteiger partial charge in [-0.3, -0.25) is 0 Å². The van der Waals surface area contributed by atoms with E-state index in [2.05, 4.69) is 0 Å². The van der Waals surface area contributed by atoms with E-state index < -0.39 is 17.7 Å². The fraction of sp³-hybridized carbons (Fsp3) is 0.143. The lowest BCUT2D eigenvalue weighted by molar-refractivity contribution is 0.565. The van der Waals surface area contributed by atoms with Crippen LogP contribution in [0.2, 0.25) is 0 Å². The summed E-state index contributed by atoms with van der Waals surface area (Å²) in [5.41, 5.74) is 7.10. The quantitative estimate of drug-likeness (QED) is 0.869. The van der Waals surface area contributed by atoms with Crippen LogP contribution in [0.15, 0.2) is 36.4 Å². The van der Waals surface area contributed by atoms with Crippen LogP contribution in [0.25, 0.3) is 0 Å². The second kappa shape index (κ2) is 4.82. The van der Waals surface area contributed by atoms with Gasteiger partial charge in [0.15, 0.2) is 0 Å². The van der Waals surface area contributed by atoms with Gasteiger partial charge in [-0.15, -0.1) is 0 Å². The first-order chi connectivity index (χ1) is 8.49. The van der Waals surface area contributed by atoms with E-state index in [-0.39, 0.29) is 11.4 Å². The molecule has 0 spiro atoms. The Kier molecular flexibility index (Phi) is 3.39. The zero-order valence-electron chi connectivity index (χ0n) is 9.75. The van der Waals surface area contributed by atoms with Crippen molar-refractivity contribution in [2.24, 2.45) is 5.73 Å². The molecule has 0 aliphatic heterocycles. The Morgan fingerprint density at radius 3 is 2.28 bits per heavy atom. The average molecular weight is 251 g/mol. The highest BCUT2D eigenvalue weighted by atomic mass is 19.1. The van der Waals surface area contributed by atoms with Crippen LogP contribution in [-0.2, 0) is 0 Å². The number of hydrogen-bond donors (Lipinski definition) is 1. The summed E-state index contributed by atoms with van der Waals surface area (Å²) in [6.45, 7) is 1.60. The first-order valence-corrected chi connectivity index (χ1v) is 5.45. The van der Waals surface area contributed by atoms with E-state index in [4.69, 9.17) is 5.73 Å². The van der Waals surface area contributed by atoms with Crippen LogP contribution in [0.1, 0.15) is 22.7 Å². The monoisotopic (exact) mass is 251 g/mol. The standard InChI is InChI=1S/C14H12F3N/c1-8-6-9(2-5-12(8)16)14(18)11-4-3-10(15)7-13(11)17/h2-7,14H,18H2,1H3. The number of halogens is 3. The highest BCUT2D eigenvalue weighted by Gasteiger charge is 2.15. The van der Waals surface area contributed by atoms with Crippen LogP contribution < -0.4 is 5.73 Å². The molecule has 0 aliphatic rings. The molecule has 0 heterocycles. The van der Waals surface area contributed by atoms with Gasteiger partial charge in [-0.2, -0.15) is 0 Å². The molecule has 94 valence electrons. The van der Waals surface area contributed by atoms with Crippen molar-refractivity contribution in [1.29, 1.82) is 0 Å². The Bertz CT molecular complexity index is 581. The highest BCUT2D eigenvalue weighted by molar-refractivity contribution is 5.34. The zero-order chi connectivity index (χ0) is 13.3. The van der Waals surface area contributed by atoms with Gasteiger partial charge < -0.3 is 5.73 Å². The lowest BCUT2D eigenvalue weighted by Crippen LogP contribution is -2.14. The summed E-state index contributed by atoms with van der Waals surface area (Å²) in [7, 11) is 0. The van der Waals surface area contributed by atoms with E-state index in [1.807, 2.05) is 0 Å². The first kappa shape index (κ1) is 12.6. The third kappa shape index (κ3) is 2.38. The summed E-state index contributed by atoms with van der Waals surface area (Å²) in [4.78, 5) is 0. The molecular weight excluding hydrogens is 239 g/mol. The highest BCUT2D eigenvalue weighted by Crippen LogP contribution is 2.24. The fourth-order valence-corrected chi connectivity index (χ4v) is 1.79. The average Bonchev–Trinajstić information content (AvgIpc) is 2.32. The van der Waals surface area contributed by atoms with E-state index in [1.165, 1.54) is 18.2 Å². The fourth-order valence-electron chi connectivity index (χ4n) is 1.79. The van der Waals surface area contributed by atoms with Crippen molar-refractivity contribution in [3.63, 3.8) is 0 Å². The van der Waals surface area contributed by atoms with Crippen molar-refractivity contribution in [1.82, 2.24) is 0 Å². The molecule has 0 saturated carbocycles. The molecule has 2 N–H and O–H groups in total. The second-order valence-electron chi connectivity index (χ2n) is 4.15. The van der Waals surface area contributed by atoms with Crippen LogP contribution in [0.5, 0.6) is 0 Å². The molecule has 2 aromatic rings. The Hall–Kier alpha value is -1.81. The molecule has 1 nitrogen and oxygen atoms in total. The minimum atomic E-state index is -0.745. The smallest absolute Gasteiger partial charge is 0.131 e. The summed E-state index contributed by atoms with van der Waals surface area (Å²) >= 11 is 0. The predicted molar refractivity (Wildman–Crippen MR) is 63.5 cm³/mol. The Morgan fingerprint density at radius 1 is 0.944 bits per heavy atom. The molecule has 18 heavy (non-hydrogen) atoms. The van der Waals surface area contributed by atoms with Gasteiger partial charge in [-0.1, -0.05) is 18.2 Å². The van der Waals surface area contributed by atoms with E-state index in [0.717, 1.165) is 12.1 Å². The van der Waals surface area contributed by atoms with E-state index in [9.17, 15) is 13.2 Å². The van der Waals surface area contributed by atoms with Crippen molar-refractivity contribution in [2.45, 2.75) is 13.0 Å². The van der Waals surface area contributed by atoms with Crippen LogP contribution in [0.3, 0.4) is 0 Å². The maximum atomic E-state index is 13.6. The number of benzene rings is 2. The largest absolute Gasteiger partial charge is 0.320 e. The molecule has 2 rings (SSSR count). The Labute approximate surface area is 103 Å². The number of aryl methyl sites for hydroxylation is 1. The van der Waals surface area contributed by atoms with E-state index in [0.29, 0.717) is 11.1 Å². The molecule has 0 fully saturated rings. The normalized spacial score (nSPS) is 12.5. The van der Waals surface area contributed by atoms with Gasteiger partial charge in [0, 0.05) is 11.6 Å². The third-order valence-corrected chi connectivity index (χ3v) is 2.84. The maximum Gasteiger partial charge on any atom is 0.131 e. The molecule has 4 heteroatoms. The summed E-state index contributed by atoms with van der Waals surface area (Å²) in [6.07, 6.45) is 0. The first-order valence-electron chi connectivity index (χ1n) is 5.45. The molecule has 1 unspecified atom stereocenters. The van der Waals surface area contributed by atoms with Crippen LogP contribution in [0, 0.1) is 24.4 Å². The lowest BCUT2D eigenvalue weighted by Gasteiger charge is -2.14.